The van der Waals surface area contributed by atoms with E-state index in [1.165, 1.54) is 5.56 Å². The van der Waals surface area contributed by atoms with E-state index < -0.39 is 0 Å². The van der Waals surface area contributed by atoms with Crippen LogP contribution in [0.15, 0.2) is 42.1 Å². The number of carbonyl (C=O) groups is 2. The van der Waals surface area contributed by atoms with Crippen molar-refractivity contribution >= 4 is 11.8 Å². The monoisotopic (exact) mass is 342 g/mol. The molecule has 0 spiro atoms. The first-order chi connectivity index (χ1) is 11.9. The number of nitrogens with zero attached hydrogens (tertiary/aromatic N) is 4. The minimum Gasteiger partial charge on any atom is -0.383 e. The minimum absolute atomic E-state index is 0.0343. The molecule has 3 rings (SSSR count). The van der Waals surface area contributed by atoms with E-state index in [1.54, 1.807) is 4.90 Å². The van der Waals surface area contributed by atoms with Crippen molar-refractivity contribution in [2.75, 3.05) is 34.7 Å². The van der Waals surface area contributed by atoms with Crippen LogP contribution in [-0.4, -0.2) is 78.5 Å². The topological polar surface area (TPSA) is 47.1 Å². The standard InChI is InChI=1S/C19H26N4O2/c1-20(2)13-15-12-16-18(25)22(11-10-14-8-6-5-7-9-14)19(21(3)4)23(16)17(15)24/h5-9,13,16,19H,10-12H2,1-4H3/b15-13+/t16-,19?/m0/s1. The molecule has 0 radical (unpaired) electrons. The minimum atomic E-state index is -0.373. The van der Waals surface area contributed by atoms with Crippen LogP contribution in [0.5, 0.6) is 0 Å². The Morgan fingerprint density at radius 3 is 2.40 bits per heavy atom. The number of hydrogen-bond donors (Lipinski definition) is 0. The molecule has 2 fully saturated rings. The van der Waals surface area contributed by atoms with Crippen molar-refractivity contribution < 1.29 is 9.59 Å². The lowest BCUT2D eigenvalue weighted by atomic mass is 10.1. The summed E-state index contributed by atoms with van der Waals surface area (Å²) in [5.41, 5.74) is 1.90. The second-order valence-electron chi connectivity index (χ2n) is 7.13. The first kappa shape index (κ1) is 17.5. The Hall–Kier alpha value is -2.34. The molecule has 0 bridgehead atoms. The highest BCUT2D eigenvalue weighted by Crippen LogP contribution is 2.35. The van der Waals surface area contributed by atoms with Gasteiger partial charge in [0.05, 0.1) is 0 Å². The van der Waals surface area contributed by atoms with E-state index >= 15 is 0 Å². The number of amides is 2. The van der Waals surface area contributed by atoms with Crippen LogP contribution < -0.4 is 0 Å². The summed E-state index contributed by atoms with van der Waals surface area (Å²) in [4.78, 5) is 33.2. The number of benzene rings is 1. The lowest BCUT2D eigenvalue weighted by molar-refractivity contribution is -0.134. The molecule has 0 saturated carbocycles. The third kappa shape index (κ3) is 3.26. The van der Waals surface area contributed by atoms with Crippen molar-refractivity contribution in [2.45, 2.75) is 25.2 Å². The van der Waals surface area contributed by atoms with E-state index in [2.05, 4.69) is 12.1 Å². The zero-order valence-corrected chi connectivity index (χ0v) is 15.3. The molecule has 2 heterocycles. The first-order valence-electron chi connectivity index (χ1n) is 8.60. The summed E-state index contributed by atoms with van der Waals surface area (Å²) in [6.07, 6.45) is 2.78. The highest BCUT2D eigenvalue weighted by atomic mass is 16.2. The molecule has 25 heavy (non-hydrogen) atoms. The molecular formula is C19H26N4O2. The average molecular weight is 342 g/mol. The van der Waals surface area contributed by atoms with Crippen LogP contribution in [-0.2, 0) is 16.0 Å². The van der Waals surface area contributed by atoms with Crippen molar-refractivity contribution in [1.29, 1.82) is 0 Å². The normalized spacial score (nSPS) is 24.6. The van der Waals surface area contributed by atoms with Crippen LogP contribution in [0, 0.1) is 0 Å². The lowest BCUT2D eigenvalue weighted by Gasteiger charge is -2.34. The molecule has 2 aliphatic heterocycles. The maximum atomic E-state index is 13.0. The summed E-state index contributed by atoms with van der Waals surface area (Å²) in [5, 5.41) is 0. The Kier molecular flexibility index (Phi) is 4.81. The van der Waals surface area contributed by atoms with E-state index in [4.69, 9.17) is 0 Å². The lowest BCUT2D eigenvalue weighted by Crippen LogP contribution is -2.51. The molecule has 0 N–H and O–H groups in total. The van der Waals surface area contributed by atoms with Crippen molar-refractivity contribution in [3.63, 3.8) is 0 Å². The summed E-state index contributed by atoms with van der Waals surface area (Å²) in [6.45, 7) is 0.610. The number of fused-ring (bicyclic) bond motifs is 1. The Morgan fingerprint density at radius 1 is 1.12 bits per heavy atom. The summed E-state index contributed by atoms with van der Waals surface area (Å²) >= 11 is 0. The van der Waals surface area contributed by atoms with E-state index in [-0.39, 0.29) is 24.1 Å². The van der Waals surface area contributed by atoms with Gasteiger partial charge in [-0.25, -0.2) is 0 Å². The van der Waals surface area contributed by atoms with Gasteiger partial charge >= 0.3 is 0 Å². The second kappa shape index (κ2) is 6.88. The Bertz CT molecular complexity index is 684. The SMILES string of the molecule is CN(C)/C=C1\C[C@H]2C(=O)N(CCc3ccccc3)C(N(C)C)N2C1=O. The average Bonchev–Trinajstić information content (AvgIpc) is 3.02. The van der Waals surface area contributed by atoms with Gasteiger partial charge in [0.25, 0.3) is 5.91 Å². The fraction of sp³-hybridized carbons (Fsp3) is 0.474. The Labute approximate surface area is 149 Å². The first-order valence-corrected chi connectivity index (χ1v) is 8.60. The van der Waals surface area contributed by atoms with Crippen LogP contribution in [0.2, 0.25) is 0 Å². The number of carbonyl (C=O) groups excluding carboxylic acids is 2. The van der Waals surface area contributed by atoms with Crippen LogP contribution in [0.1, 0.15) is 12.0 Å². The number of hydrogen-bond acceptors (Lipinski definition) is 4. The van der Waals surface area contributed by atoms with E-state index in [1.807, 2.05) is 67.3 Å². The molecule has 1 aromatic rings. The smallest absolute Gasteiger partial charge is 0.254 e. The third-order valence-corrected chi connectivity index (χ3v) is 4.71. The third-order valence-electron chi connectivity index (χ3n) is 4.71. The Morgan fingerprint density at radius 2 is 1.80 bits per heavy atom. The second-order valence-corrected chi connectivity index (χ2v) is 7.13. The molecule has 0 aromatic heterocycles. The highest BCUT2D eigenvalue weighted by Gasteiger charge is 2.54. The molecule has 6 nitrogen and oxygen atoms in total. The van der Waals surface area contributed by atoms with Gasteiger partial charge in [0.2, 0.25) is 5.91 Å². The van der Waals surface area contributed by atoms with Crippen LogP contribution in [0.4, 0.5) is 0 Å². The van der Waals surface area contributed by atoms with Crippen molar-refractivity contribution in [1.82, 2.24) is 19.6 Å². The molecule has 2 aliphatic rings. The zero-order chi connectivity index (χ0) is 18.1. The van der Waals surface area contributed by atoms with Crippen LogP contribution in [0.25, 0.3) is 0 Å². The van der Waals surface area contributed by atoms with Gasteiger partial charge in [-0.3, -0.25) is 19.4 Å². The van der Waals surface area contributed by atoms with Crippen molar-refractivity contribution in [3.8, 4) is 0 Å². The van der Waals surface area contributed by atoms with Gasteiger partial charge in [0.1, 0.15) is 6.04 Å². The molecule has 134 valence electrons. The highest BCUT2D eigenvalue weighted by molar-refractivity contribution is 6.03. The van der Waals surface area contributed by atoms with E-state index in [9.17, 15) is 9.59 Å². The van der Waals surface area contributed by atoms with Gasteiger partial charge in [-0.1, -0.05) is 30.3 Å². The Balaban J connectivity index is 1.81. The maximum Gasteiger partial charge on any atom is 0.254 e. The summed E-state index contributed by atoms with van der Waals surface area (Å²) in [7, 11) is 7.61. The molecule has 6 heteroatoms. The van der Waals surface area contributed by atoms with Crippen LogP contribution in [0.3, 0.4) is 0 Å². The molecule has 1 unspecified atom stereocenters. The summed E-state index contributed by atoms with van der Waals surface area (Å²) in [6, 6.07) is 9.75. The van der Waals surface area contributed by atoms with E-state index in [0.29, 0.717) is 18.5 Å². The van der Waals surface area contributed by atoms with Gasteiger partial charge < -0.3 is 9.80 Å². The fourth-order valence-electron chi connectivity index (χ4n) is 3.70. The molecule has 2 saturated heterocycles. The summed E-state index contributed by atoms with van der Waals surface area (Å²) in [5.74, 6) is 0.0121. The molecule has 1 aromatic carbocycles. The van der Waals surface area contributed by atoms with Gasteiger partial charge in [-0.2, -0.15) is 0 Å². The molecule has 2 amide bonds. The predicted octanol–water partition coefficient (Wildman–Crippen LogP) is 0.963. The molecular weight excluding hydrogens is 316 g/mol. The van der Waals surface area contributed by atoms with E-state index in [0.717, 1.165) is 6.42 Å². The molecule has 0 aliphatic carbocycles. The van der Waals surface area contributed by atoms with Gasteiger partial charge in [-0.05, 0) is 26.1 Å². The number of rotatable bonds is 5. The largest absolute Gasteiger partial charge is 0.383 e. The predicted molar refractivity (Wildman–Crippen MR) is 96.4 cm³/mol. The zero-order valence-electron chi connectivity index (χ0n) is 15.3. The van der Waals surface area contributed by atoms with Gasteiger partial charge in [0.15, 0.2) is 6.29 Å². The van der Waals surface area contributed by atoms with Gasteiger partial charge in [-0.15, -0.1) is 0 Å². The quantitative estimate of drug-likeness (QED) is 0.748. The van der Waals surface area contributed by atoms with Gasteiger partial charge in [0, 0.05) is 38.8 Å². The van der Waals surface area contributed by atoms with Crippen molar-refractivity contribution in [2.24, 2.45) is 0 Å². The van der Waals surface area contributed by atoms with Crippen LogP contribution >= 0.6 is 0 Å². The summed E-state index contributed by atoms with van der Waals surface area (Å²) < 4.78 is 0. The maximum absolute atomic E-state index is 13.0. The van der Waals surface area contributed by atoms with Crippen molar-refractivity contribution in [3.05, 3.63) is 47.7 Å². The fourth-order valence-corrected chi connectivity index (χ4v) is 3.70. The molecule has 2 atom stereocenters.